The van der Waals surface area contributed by atoms with E-state index in [4.69, 9.17) is 25.2 Å². The summed E-state index contributed by atoms with van der Waals surface area (Å²) in [7, 11) is -1.62. The smallest absolute Gasteiger partial charge is 0.407 e. The number of carbonyl (C=O) groups excluding carboxylic acids is 1. The van der Waals surface area contributed by atoms with E-state index in [0.717, 1.165) is 25.7 Å². The second kappa shape index (κ2) is 17.2. The van der Waals surface area contributed by atoms with Crippen LogP contribution in [-0.2, 0) is 18.5 Å². The molecule has 4 rings (SSSR count). The van der Waals surface area contributed by atoms with Crippen molar-refractivity contribution in [3.8, 4) is 17.9 Å². The number of hydrogen-bond donors (Lipinski definition) is 3. The first-order chi connectivity index (χ1) is 22.6. The molecule has 3 unspecified atom stereocenters. The average Bonchev–Trinajstić information content (AvgIpc) is 3.48. The molecule has 1 saturated carbocycles. The van der Waals surface area contributed by atoms with Crippen LogP contribution in [0.4, 0.5) is 4.79 Å². The molecular weight excluding hydrogens is 613 g/mol. The Kier molecular flexibility index (Phi) is 12.8. The number of fused-ring (bicyclic) bond motifs is 1. The molecule has 13 nitrogen and oxygen atoms in total. The lowest BCUT2D eigenvalue weighted by molar-refractivity contribution is -0.0439. The summed E-state index contributed by atoms with van der Waals surface area (Å²) in [6, 6.07) is 2.23. The maximum Gasteiger partial charge on any atom is 0.407 e. The van der Waals surface area contributed by atoms with E-state index in [-0.39, 0.29) is 50.2 Å². The van der Waals surface area contributed by atoms with E-state index in [2.05, 4.69) is 38.0 Å². The molecule has 3 N–H and O–H groups in total. The van der Waals surface area contributed by atoms with Crippen molar-refractivity contribution in [1.82, 2.24) is 19.5 Å². The van der Waals surface area contributed by atoms with Gasteiger partial charge in [0.25, 0.3) is 14.1 Å². The van der Waals surface area contributed by atoms with Gasteiger partial charge in [-0.25, -0.2) is 14.3 Å². The number of nitrogens with one attached hydrogen (secondary N) is 2. The van der Waals surface area contributed by atoms with E-state index < -0.39 is 44.3 Å². The fourth-order valence-electron chi connectivity index (χ4n) is 6.21. The maximum atomic E-state index is 12.9. The number of carbonyl (C=O) groups is 1. The molecule has 1 saturated heterocycles. The molecule has 1 amide bonds. The first kappa shape index (κ1) is 34.3. The number of amides is 1. The van der Waals surface area contributed by atoms with Gasteiger partial charge >= 0.3 is 11.8 Å². The number of rotatable bonds is 16. The molecule has 1 aromatic heterocycles. The number of aromatic amines is 1. The fourth-order valence-corrected chi connectivity index (χ4v) is 7.97. The summed E-state index contributed by atoms with van der Waals surface area (Å²) in [5, 5.41) is 16.3. The fraction of sp³-hybridized carbons (Fsp3) is 0.688. The van der Waals surface area contributed by atoms with Gasteiger partial charge < -0.3 is 28.9 Å². The highest BCUT2D eigenvalue weighted by molar-refractivity contribution is 7.44. The van der Waals surface area contributed by atoms with Crippen molar-refractivity contribution < 1.29 is 28.4 Å². The van der Waals surface area contributed by atoms with Crippen molar-refractivity contribution in [3.05, 3.63) is 38.7 Å². The van der Waals surface area contributed by atoms with Crippen LogP contribution in [0, 0.1) is 40.9 Å². The van der Waals surface area contributed by atoms with Gasteiger partial charge in [-0.1, -0.05) is 12.2 Å². The van der Waals surface area contributed by atoms with Crippen LogP contribution in [0.25, 0.3) is 6.08 Å². The van der Waals surface area contributed by atoms with Crippen molar-refractivity contribution in [2.75, 3.05) is 26.4 Å². The highest BCUT2D eigenvalue weighted by Crippen LogP contribution is 2.52. The van der Waals surface area contributed by atoms with E-state index in [1.165, 1.54) is 16.8 Å². The SMILES string of the molecule is [2H]OC[C@H]1O[C@@H](n2cc(/C=C/CNC(=O)OCC3[C@H]4CCC#CCC[C@@H]34)c(=O)[nH]c2=O)CC1OP(OCCC#N)N(C(C)C)C(C)C. The third kappa shape index (κ3) is 9.51. The molecule has 0 aromatic carbocycles. The zero-order valence-electron chi connectivity index (χ0n) is 28.0. The monoisotopic (exact) mass is 660 g/mol. The van der Waals surface area contributed by atoms with Crippen LogP contribution >= 0.6 is 8.53 Å². The van der Waals surface area contributed by atoms with E-state index in [1.807, 2.05) is 27.7 Å². The number of nitrogens with zero attached hydrogens (tertiary/aromatic N) is 3. The number of H-pyrrole nitrogens is 1. The Morgan fingerprint density at radius 3 is 2.67 bits per heavy atom. The van der Waals surface area contributed by atoms with Gasteiger partial charge in [0, 0.05) is 44.1 Å². The van der Waals surface area contributed by atoms with Crippen LogP contribution in [-0.4, -0.2) is 77.5 Å². The van der Waals surface area contributed by atoms with Gasteiger partial charge in [-0.2, -0.15) is 5.26 Å². The predicted octanol–water partition coefficient (Wildman–Crippen LogP) is 3.66. The lowest BCUT2D eigenvalue weighted by atomic mass is 10.1. The standard InChI is InChI=1S/C32H46N5O8P/c1-21(2)37(22(3)4)46(43-16-10-14-33)45-27-17-29(44-28(27)19-38)36-18-23(30(39)35-31(36)40)11-9-15-34-32(41)42-20-26-24-12-7-5-6-8-13-25(24)26/h9,11,18,21-22,24-29,38H,7-8,10,12-13,15-17,19-20H2,1-4H3,(H,34,41)(H,35,39,40)/b11-9+/t24-,25+,26?,27?,28-,29-,46?/m1/s1/i38D. The number of aromatic nitrogens is 2. The zero-order valence-corrected chi connectivity index (χ0v) is 27.9. The van der Waals surface area contributed by atoms with Gasteiger partial charge in [-0.15, -0.1) is 11.8 Å². The van der Waals surface area contributed by atoms with Crippen molar-refractivity contribution in [3.63, 3.8) is 0 Å². The maximum absolute atomic E-state index is 12.9. The Morgan fingerprint density at radius 1 is 1.30 bits per heavy atom. The summed E-state index contributed by atoms with van der Waals surface area (Å²) >= 11 is 0. The van der Waals surface area contributed by atoms with Gasteiger partial charge in [0.05, 0.1) is 44.0 Å². The molecule has 3 aliphatic rings. The number of nitriles is 1. The molecule has 1 aliphatic heterocycles. The summed E-state index contributed by atoms with van der Waals surface area (Å²) in [5.74, 6) is 7.91. The first-order valence-electron chi connectivity index (χ1n) is 16.4. The second-order valence-corrected chi connectivity index (χ2v) is 13.7. The molecule has 0 spiro atoms. The highest BCUT2D eigenvalue weighted by atomic mass is 31.2. The normalized spacial score (nSPS) is 26.5. The zero-order chi connectivity index (χ0) is 33.9. The third-order valence-corrected chi connectivity index (χ3v) is 10.6. The van der Waals surface area contributed by atoms with Gasteiger partial charge in [-0.05, 0) is 58.3 Å². The second-order valence-electron chi connectivity index (χ2n) is 12.3. The minimum atomic E-state index is -1.62. The van der Waals surface area contributed by atoms with Gasteiger partial charge in [0.1, 0.15) is 12.3 Å². The van der Waals surface area contributed by atoms with E-state index in [9.17, 15) is 14.4 Å². The molecule has 2 fully saturated rings. The number of alkyl carbamates (subject to hydrolysis) is 1. The highest BCUT2D eigenvalue weighted by Gasteiger charge is 2.49. The molecule has 252 valence electrons. The molecular formula is C32H46N5O8P. The Balaban J connectivity index is 1.36. The van der Waals surface area contributed by atoms with Crippen molar-refractivity contribution in [1.29, 1.82) is 6.69 Å². The third-order valence-electron chi connectivity index (χ3n) is 8.45. The Morgan fingerprint density at radius 2 is 2.02 bits per heavy atom. The van der Waals surface area contributed by atoms with Gasteiger partial charge in [0.15, 0.2) is 0 Å². The molecule has 0 radical (unpaired) electrons. The van der Waals surface area contributed by atoms with Gasteiger partial charge in [-0.3, -0.25) is 14.3 Å². The Bertz CT molecular complexity index is 1420. The molecule has 7 atom stereocenters. The van der Waals surface area contributed by atoms with Crippen molar-refractivity contribution >= 4 is 20.7 Å². The van der Waals surface area contributed by atoms with Crippen LogP contribution in [0.15, 0.2) is 21.9 Å². The Hall–Kier alpha value is -3.03. The quantitative estimate of drug-likeness (QED) is 0.135. The van der Waals surface area contributed by atoms with Crippen LogP contribution in [0.1, 0.15) is 78.0 Å². The number of hydrogen-bond acceptors (Lipinski definition) is 10. The summed E-state index contributed by atoms with van der Waals surface area (Å²) in [5.41, 5.74) is -1.07. The molecule has 1 aromatic rings. The van der Waals surface area contributed by atoms with Crippen LogP contribution in [0.2, 0.25) is 0 Å². The van der Waals surface area contributed by atoms with E-state index in [1.54, 1.807) is 6.08 Å². The average molecular weight is 661 g/mol. The Labute approximate surface area is 272 Å². The lowest BCUT2D eigenvalue weighted by Gasteiger charge is -2.37. The predicted molar refractivity (Wildman–Crippen MR) is 172 cm³/mol. The molecule has 46 heavy (non-hydrogen) atoms. The molecule has 0 bridgehead atoms. The van der Waals surface area contributed by atoms with Crippen molar-refractivity contribution in [2.24, 2.45) is 17.8 Å². The molecule has 2 heterocycles. The van der Waals surface area contributed by atoms with E-state index in [0.29, 0.717) is 24.4 Å². The number of ether oxygens (including phenoxy) is 2. The number of aliphatic hydroxyl groups is 1. The molecule has 2 aliphatic carbocycles. The van der Waals surface area contributed by atoms with Crippen LogP contribution in [0.5, 0.6) is 0 Å². The minimum Gasteiger partial charge on any atom is -0.449 e. The summed E-state index contributed by atoms with van der Waals surface area (Å²) in [6.07, 6.45) is 6.19. The summed E-state index contributed by atoms with van der Waals surface area (Å²) in [6.45, 7) is 8.67. The van der Waals surface area contributed by atoms with E-state index >= 15 is 0 Å². The first-order valence-corrected chi connectivity index (χ1v) is 17.1. The largest absolute Gasteiger partial charge is 0.449 e. The van der Waals surface area contributed by atoms with Crippen LogP contribution in [0.3, 0.4) is 0 Å². The molecule has 14 heteroatoms. The summed E-state index contributed by atoms with van der Waals surface area (Å²) < 4.78 is 34.7. The topological polar surface area (TPSA) is 168 Å². The number of aliphatic hydroxyl groups excluding tert-OH is 1. The van der Waals surface area contributed by atoms with Crippen molar-refractivity contribution in [2.45, 2.75) is 96.7 Å². The van der Waals surface area contributed by atoms with Gasteiger partial charge in [0.2, 0.25) is 1.43 Å². The summed E-state index contributed by atoms with van der Waals surface area (Å²) in [4.78, 5) is 40.1. The van der Waals surface area contributed by atoms with Crippen LogP contribution < -0.4 is 16.6 Å². The minimum absolute atomic E-state index is 0.0759. The lowest BCUT2D eigenvalue weighted by Crippen LogP contribution is -2.36.